The maximum absolute atomic E-state index is 11.8. The number of benzene rings is 1. The first-order valence-electron chi connectivity index (χ1n) is 7.30. The Morgan fingerprint density at radius 1 is 1.24 bits per heavy atom. The van der Waals surface area contributed by atoms with E-state index in [4.69, 9.17) is 0 Å². The van der Waals surface area contributed by atoms with Gasteiger partial charge >= 0.3 is 0 Å². The van der Waals surface area contributed by atoms with Gasteiger partial charge in [0.05, 0.1) is 18.6 Å². The minimum absolute atomic E-state index is 0.000380. The Kier molecular flexibility index (Phi) is 5.97. The summed E-state index contributed by atoms with van der Waals surface area (Å²) < 4.78 is 2.11. The average molecular weight is 286 g/mol. The Hall–Kier alpha value is -2.14. The van der Waals surface area contributed by atoms with Gasteiger partial charge in [0, 0.05) is 25.8 Å². The molecule has 1 aromatic carbocycles. The van der Waals surface area contributed by atoms with Gasteiger partial charge in [-0.1, -0.05) is 37.3 Å². The molecule has 0 radical (unpaired) electrons. The third-order valence-electron chi connectivity index (χ3n) is 3.19. The second-order valence-electron chi connectivity index (χ2n) is 4.94. The number of aromatic nitrogens is 2. The zero-order chi connectivity index (χ0) is 14.9. The maximum atomic E-state index is 11.8. The van der Waals surface area contributed by atoms with Gasteiger partial charge in [-0.05, 0) is 12.0 Å². The van der Waals surface area contributed by atoms with Crippen LogP contribution in [0.5, 0.6) is 0 Å². The van der Waals surface area contributed by atoms with Gasteiger partial charge in [0.2, 0.25) is 5.91 Å². The van der Waals surface area contributed by atoms with E-state index in [1.54, 1.807) is 0 Å². The minimum Gasteiger partial charge on any atom is -0.351 e. The predicted octanol–water partition coefficient (Wildman–Crippen LogP) is 1.70. The van der Waals surface area contributed by atoms with Crippen molar-refractivity contribution in [2.24, 2.45) is 0 Å². The Labute approximate surface area is 125 Å². The first kappa shape index (κ1) is 15.3. The van der Waals surface area contributed by atoms with Crippen molar-refractivity contribution in [3.63, 3.8) is 0 Å². The number of hydrogen-bond donors (Lipinski definition) is 2. The van der Waals surface area contributed by atoms with Crippen molar-refractivity contribution in [1.29, 1.82) is 0 Å². The van der Waals surface area contributed by atoms with Gasteiger partial charge < -0.3 is 15.2 Å². The molecule has 0 aliphatic rings. The van der Waals surface area contributed by atoms with Gasteiger partial charge in [0.15, 0.2) is 0 Å². The summed E-state index contributed by atoms with van der Waals surface area (Å²) in [7, 11) is 0. The van der Waals surface area contributed by atoms with E-state index in [0.717, 1.165) is 24.2 Å². The van der Waals surface area contributed by atoms with Crippen LogP contribution in [0.4, 0.5) is 0 Å². The number of rotatable bonds is 8. The smallest absolute Gasteiger partial charge is 0.234 e. The molecule has 112 valence electrons. The van der Waals surface area contributed by atoms with Gasteiger partial charge in [0.25, 0.3) is 0 Å². The fourth-order valence-electron chi connectivity index (χ4n) is 2.10. The van der Waals surface area contributed by atoms with Gasteiger partial charge in [-0.25, -0.2) is 4.98 Å². The van der Waals surface area contributed by atoms with Gasteiger partial charge in [-0.15, -0.1) is 0 Å². The fourth-order valence-corrected chi connectivity index (χ4v) is 2.10. The molecule has 5 heteroatoms. The molecule has 0 unspecified atom stereocenters. The predicted molar refractivity (Wildman–Crippen MR) is 82.5 cm³/mol. The summed E-state index contributed by atoms with van der Waals surface area (Å²) in [5.41, 5.74) is 2.21. The van der Waals surface area contributed by atoms with Gasteiger partial charge in [-0.3, -0.25) is 4.79 Å². The minimum atomic E-state index is 0.000380. The first-order chi connectivity index (χ1) is 10.3. The van der Waals surface area contributed by atoms with Crippen molar-refractivity contribution < 1.29 is 4.79 Å². The molecule has 0 fully saturated rings. The fraction of sp³-hybridized carbons (Fsp3) is 0.375. The van der Waals surface area contributed by atoms with Crippen LogP contribution in [0.25, 0.3) is 0 Å². The molecule has 0 aliphatic heterocycles. The molecule has 0 saturated heterocycles. The summed E-state index contributed by atoms with van der Waals surface area (Å²) >= 11 is 0. The van der Waals surface area contributed by atoms with Crippen LogP contribution in [0.15, 0.2) is 42.9 Å². The van der Waals surface area contributed by atoms with Crippen LogP contribution in [0.3, 0.4) is 0 Å². The van der Waals surface area contributed by atoms with E-state index in [1.165, 1.54) is 0 Å². The number of carbonyl (C=O) groups excluding carboxylic acids is 1. The van der Waals surface area contributed by atoms with Crippen LogP contribution < -0.4 is 10.6 Å². The maximum Gasteiger partial charge on any atom is 0.234 e. The lowest BCUT2D eigenvalue weighted by atomic mass is 10.2. The number of nitrogens with zero attached hydrogens (tertiary/aromatic N) is 2. The topological polar surface area (TPSA) is 59.0 Å². The second kappa shape index (κ2) is 8.21. The van der Waals surface area contributed by atoms with E-state index in [0.29, 0.717) is 19.6 Å². The van der Waals surface area contributed by atoms with Gasteiger partial charge in [-0.2, -0.15) is 0 Å². The van der Waals surface area contributed by atoms with Crippen LogP contribution >= 0.6 is 0 Å². The van der Waals surface area contributed by atoms with Crippen LogP contribution in [0, 0.1) is 0 Å². The number of carbonyl (C=O) groups is 1. The van der Waals surface area contributed by atoms with E-state index < -0.39 is 0 Å². The second-order valence-corrected chi connectivity index (χ2v) is 4.94. The number of nitrogens with one attached hydrogen (secondary N) is 2. The molecule has 1 amide bonds. The summed E-state index contributed by atoms with van der Waals surface area (Å²) in [5.74, 6) is 0.000380. The summed E-state index contributed by atoms with van der Waals surface area (Å²) in [4.78, 5) is 15.9. The molecule has 2 N–H and O–H groups in total. The molecule has 2 rings (SSSR count). The van der Waals surface area contributed by atoms with Crippen molar-refractivity contribution >= 4 is 5.91 Å². The Morgan fingerprint density at radius 3 is 2.81 bits per heavy atom. The number of imidazole rings is 1. The highest BCUT2D eigenvalue weighted by atomic mass is 16.1. The molecule has 5 nitrogen and oxygen atoms in total. The van der Waals surface area contributed by atoms with Gasteiger partial charge in [0.1, 0.15) is 0 Å². The normalized spacial score (nSPS) is 10.5. The first-order valence-corrected chi connectivity index (χ1v) is 7.30. The van der Waals surface area contributed by atoms with Crippen molar-refractivity contribution in [2.75, 3.05) is 6.54 Å². The molecule has 0 aliphatic carbocycles. The zero-order valence-corrected chi connectivity index (χ0v) is 12.4. The number of aryl methyl sites for hydroxylation is 1. The summed E-state index contributed by atoms with van der Waals surface area (Å²) in [6.07, 6.45) is 4.74. The molecular weight excluding hydrogens is 264 g/mol. The summed E-state index contributed by atoms with van der Waals surface area (Å²) in [5, 5.41) is 6.04. The molecule has 0 spiro atoms. The highest BCUT2D eigenvalue weighted by Crippen LogP contribution is 2.00. The largest absolute Gasteiger partial charge is 0.351 e. The third kappa shape index (κ3) is 5.04. The standard InChI is InChI=1S/C16H22N4O/c1-2-8-20-13-18-11-15(20)10-17-12-16(21)19-9-14-6-4-3-5-7-14/h3-7,11,13,17H,2,8-10,12H2,1H3,(H,19,21). The van der Waals surface area contributed by atoms with Crippen LogP contribution in [0.2, 0.25) is 0 Å². The molecule has 0 saturated carbocycles. The molecule has 0 bridgehead atoms. The number of amides is 1. The van der Waals surface area contributed by atoms with Crippen molar-refractivity contribution in [2.45, 2.75) is 33.0 Å². The molecule has 2 aromatic rings. The third-order valence-corrected chi connectivity index (χ3v) is 3.19. The van der Waals surface area contributed by atoms with Crippen molar-refractivity contribution in [3.05, 3.63) is 54.1 Å². The summed E-state index contributed by atoms with van der Waals surface area (Å²) in [6.45, 7) is 4.61. The Bertz CT molecular complexity index is 550. The molecule has 21 heavy (non-hydrogen) atoms. The van der Waals surface area contributed by atoms with Crippen LogP contribution in [-0.4, -0.2) is 22.0 Å². The zero-order valence-electron chi connectivity index (χ0n) is 12.4. The lowest BCUT2D eigenvalue weighted by Gasteiger charge is -2.09. The van der Waals surface area contributed by atoms with Crippen molar-refractivity contribution in [3.8, 4) is 0 Å². The van der Waals surface area contributed by atoms with E-state index in [2.05, 4.69) is 27.1 Å². The summed E-state index contributed by atoms with van der Waals surface area (Å²) in [6, 6.07) is 9.89. The SMILES string of the molecule is CCCn1cncc1CNCC(=O)NCc1ccccc1. The van der Waals surface area contributed by atoms with E-state index >= 15 is 0 Å². The molecular formula is C16H22N4O. The highest BCUT2D eigenvalue weighted by Gasteiger charge is 2.03. The monoisotopic (exact) mass is 286 g/mol. The van der Waals surface area contributed by atoms with Crippen molar-refractivity contribution in [1.82, 2.24) is 20.2 Å². The quantitative estimate of drug-likeness (QED) is 0.776. The molecule has 0 atom stereocenters. The Morgan fingerprint density at radius 2 is 2.05 bits per heavy atom. The molecule has 1 heterocycles. The molecule has 1 aromatic heterocycles. The van der Waals surface area contributed by atoms with E-state index in [9.17, 15) is 4.79 Å². The van der Waals surface area contributed by atoms with Crippen LogP contribution in [-0.2, 0) is 24.4 Å². The lowest BCUT2D eigenvalue weighted by Crippen LogP contribution is -2.33. The van der Waals surface area contributed by atoms with E-state index in [1.807, 2.05) is 42.9 Å². The number of hydrogen-bond acceptors (Lipinski definition) is 3. The van der Waals surface area contributed by atoms with E-state index in [-0.39, 0.29) is 5.91 Å². The highest BCUT2D eigenvalue weighted by molar-refractivity contribution is 5.77. The average Bonchev–Trinajstić information content (AvgIpc) is 2.94. The van der Waals surface area contributed by atoms with Crippen LogP contribution in [0.1, 0.15) is 24.6 Å². The Balaban J connectivity index is 1.68. The lowest BCUT2D eigenvalue weighted by molar-refractivity contribution is -0.120.